The molecule has 0 aliphatic heterocycles. The summed E-state index contributed by atoms with van der Waals surface area (Å²) in [5.74, 6) is 1.20. The molecule has 0 saturated heterocycles. The number of benzene rings is 1. The molecule has 2 rings (SSSR count). The van der Waals surface area contributed by atoms with Crippen molar-refractivity contribution in [2.75, 3.05) is 6.61 Å². The van der Waals surface area contributed by atoms with Crippen molar-refractivity contribution in [2.45, 2.75) is 19.4 Å². The van der Waals surface area contributed by atoms with Crippen molar-refractivity contribution in [2.24, 2.45) is 7.05 Å². The highest BCUT2D eigenvalue weighted by Gasteiger charge is 2.16. The fourth-order valence-electron chi connectivity index (χ4n) is 1.73. The van der Waals surface area contributed by atoms with E-state index < -0.39 is 6.10 Å². The summed E-state index contributed by atoms with van der Waals surface area (Å²) < 4.78 is 5.48. The van der Waals surface area contributed by atoms with Gasteiger partial charge in [0.1, 0.15) is 5.75 Å². The Morgan fingerprint density at radius 3 is 2.83 bits per heavy atom. The SMILES string of the molecule is CCOc1ccccc1C(O)Cc1nnn(C)n1. The molecule has 0 aliphatic carbocycles. The Morgan fingerprint density at radius 1 is 1.39 bits per heavy atom. The molecule has 0 spiro atoms. The van der Waals surface area contributed by atoms with Gasteiger partial charge in [-0.15, -0.1) is 10.2 Å². The highest BCUT2D eigenvalue weighted by atomic mass is 16.5. The van der Waals surface area contributed by atoms with Crippen LogP contribution in [-0.4, -0.2) is 31.9 Å². The van der Waals surface area contributed by atoms with Gasteiger partial charge in [0, 0.05) is 12.0 Å². The van der Waals surface area contributed by atoms with E-state index in [-0.39, 0.29) is 0 Å². The van der Waals surface area contributed by atoms with E-state index in [1.165, 1.54) is 4.80 Å². The number of aromatic nitrogens is 4. The molecule has 0 aliphatic rings. The molecule has 1 atom stereocenters. The Balaban J connectivity index is 2.15. The molecule has 0 saturated carbocycles. The van der Waals surface area contributed by atoms with Crippen LogP contribution in [0.2, 0.25) is 0 Å². The maximum Gasteiger partial charge on any atom is 0.177 e. The second-order valence-corrected chi connectivity index (χ2v) is 3.89. The number of aryl methyl sites for hydroxylation is 1. The topological polar surface area (TPSA) is 73.1 Å². The zero-order valence-electron chi connectivity index (χ0n) is 10.4. The van der Waals surface area contributed by atoms with Gasteiger partial charge < -0.3 is 9.84 Å². The van der Waals surface area contributed by atoms with Gasteiger partial charge >= 0.3 is 0 Å². The number of para-hydroxylation sites is 1. The lowest BCUT2D eigenvalue weighted by Gasteiger charge is -2.14. The van der Waals surface area contributed by atoms with Crippen LogP contribution >= 0.6 is 0 Å². The molecule has 1 heterocycles. The minimum atomic E-state index is -0.697. The minimum Gasteiger partial charge on any atom is -0.493 e. The van der Waals surface area contributed by atoms with E-state index in [9.17, 15) is 5.11 Å². The summed E-state index contributed by atoms with van der Waals surface area (Å²) >= 11 is 0. The lowest BCUT2D eigenvalue weighted by atomic mass is 10.1. The van der Waals surface area contributed by atoms with E-state index in [1.807, 2.05) is 31.2 Å². The van der Waals surface area contributed by atoms with Crippen LogP contribution in [0.4, 0.5) is 0 Å². The third-order valence-electron chi connectivity index (χ3n) is 2.50. The number of hydrogen-bond acceptors (Lipinski definition) is 5. The molecule has 1 aromatic heterocycles. The van der Waals surface area contributed by atoms with Crippen molar-refractivity contribution >= 4 is 0 Å². The van der Waals surface area contributed by atoms with Crippen molar-refractivity contribution in [3.05, 3.63) is 35.7 Å². The fourth-order valence-corrected chi connectivity index (χ4v) is 1.73. The molecule has 0 radical (unpaired) electrons. The first-order valence-corrected chi connectivity index (χ1v) is 5.83. The fraction of sp³-hybridized carbons (Fsp3) is 0.417. The molecular formula is C12H16N4O2. The number of ether oxygens (including phenoxy) is 1. The van der Waals surface area contributed by atoms with E-state index in [4.69, 9.17) is 4.74 Å². The monoisotopic (exact) mass is 248 g/mol. The third-order valence-corrected chi connectivity index (χ3v) is 2.50. The number of rotatable bonds is 5. The summed E-state index contributed by atoms with van der Waals surface area (Å²) in [7, 11) is 1.69. The maximum atomic E-state index is 10.2. The number of nitrogens with zero attached hydrogens (tertiary/aromatic N) is 4. The Labute approximate surface area is 105 Å². The van der Waals surface area contributed by atoms with Gasteiger partial charge in [-0.1, -0.05) is 18.2 Å². The van der Waals surface area contributed by atoms with Crippen LogP contribution in [0.3, 0.4) is 0 Å². The average molecular weight is 248 g/mol. The van der Waals surface area contributed by atoms with Gasteiger partial charge in [-0.2, -0.15) is 4.80 Å². The zero-order valence-corrected chi connectivity index (χ0v) is 10.4. The molecule has 1 aromatic carbocycles. The van der Waals surface area contributed by atoms with Gasteiger partial charge in [-0.3, -0.25) is 0 Å². The van der Waals surface area contributed by atoms with Crippen molar-refractivity contribution in [1.29, 1.82) is 0 Å². The molecule has 0 amide bonds. The molecule has 6 heteroatoms. The summed E-state index contributed by atoms with van der Waals surface area (Å²) in [4.78, 5) is 1.37. The lowest BCUT2D eigenvalue weighted by Crippen LogP contribution is -2.06. The van der Waals surface area contributed by atoms with E-state index >= 15 is 0 Å². The smallest absolute Gasteiger partial charge is 0.177 e. The van der Waals surface area contributed by atoms with Crippen LogP contribution in [0.1, 0.15) is 24.4 Å². The molecule has 1 N–H and O–H groups in total. The number of aliphatic hydroxyl groups is 1. The van der Waals surface area contributed by atoms with Gasteiger partial charge in [0.15, 0.2) is 5.82 Å². The summed E-state index contributed by atoms with van der Waals surface area (Å²) in [6.45, 7) is 2.47. The van der Waals surface area contributed by atoms with Crippen molar-refractivity contribution < 1.29 is 9.84 Å². The summed E-state index contributed by atoms with van der Waals surface area (Å²) in [5.41, 5.74) is 0.742. The first kappa shape index (κ1) is 12.5. The number of hydrogen-bond donors (Lipinski definition) is 1. The van der Waals surface area contributed by atoms with Crippen LogP contribution < -0.4 is 4.74 Å². The highest BCUT2D eigenvalue weighted by Crippen LogP contribution is 2.26. The van der Waals surface area contributed by atoms with E-state index in [2.05, 4.69) is 15.4 Å². The normalized spacial score (nSPS) is 12.4. The number of aliphatic hydroxyl groups excluding tert-OH is 1. The highest BCUT2D eigenvalue weighted by molar-refractivity contribution is 5.35. The van der Waals surface area contributed by atoms with Gasteiger partial charge in [0.05, 0.1) is 19.8 Å². The van der Waals surface area contributed by atoms with Crippen LogP contribution in [0.5, 0.6) is 5.75 Å². The van der Waals surface area contributed by atoms with Crippen molar-refractivity contribution in [3.63, 3.8) is 0 Å². The van der Waals surface area contributed by atoms with Gasteiger partial charge in [0.2, 0.25) is 0 Å². The maximum absolute atomic E-state index is 10.2. The van der Waals surface area contributed by atoms with Gasteiger partial charge in [-0.25, -0.2) is 0 Å². The molecule has 6 nitrogen and oxygen atoms in total. The molecule has 0 bridgehead atoms. The summed E-state index contributed by atoms with van der Waals surface area (Å²) in [6, 6.07) is 7.42. The third kappa shape index (κ3) is 2.84. The molecule has 18 heavy (non-hydrogen) atoms. The number of tetrazole rings is 1. The van der Waals surface area contributed by atoms with Crippen LogP contribution in [0.15, 0.2) is 24.3 Å². The van der Waals surface area contributed by atoms with Gasteiger partial charge in [-0.05, 0) is 18.2 Å². The lowest BCUT2D eigenvalue weighted by molar-refractivity contribution is 0.169. The Bertz CT molecular complexity index is 512. The standard InChI is InChI=1S/C12H16N4O2/c1-3-18-11-7-5-4-6-9(11)10(17)8-12-13-15-16(2)14-12/h4-7,10,17H,3,8H2,1-2H3. The zero-order chi connectivity index (χ0) is 13.0. The quantitative estimate of drug-likeness (QED) is 0.850. The minimum absolute atomic E-state index is 0.317. The first-order valence-electron chi connectivity index (χ1n) is 5.83. The predicted molar refractivity (Wildman–Crippen MR) is 65.1 cm³/mol. The van der Waals surface area contributed by atoms with E-state index in [1.54, 1.807) is 7.05 Å². The van der Waals surface area contributed by atoms with Crippen LogP contribution in [-0.2, 0) is 13.5 Å². The molecule has 96 valence electrons. The predicted octanol–water partition coefficient (Wildman–Crippen LogP) is 0.885. The van der Waals surface area contributed by atoms with E-state index in [0.29, 0.717) is 24.6 Å². The molecule has 1 unspecified atom stereocenters. The summed E-state index contributed by atoms with van der Waals surface area (Å²) in [6.07, 6.45) is -0.380. The molecule has 0 fully saturated rings. The molecular weight excluding hydrogens is 232 g/mol. The Hall–Kier alpha value is -1.95. The summed E-state index contributed by atoms with van der Waals surface area (Å²) in [5, 5.41) is 21.8. The van der Waals surface area contributed by atoms with Crippen molar-refractivity contribution in [1.82, 2.24) is 20.2 Å². The average Bonchev–Trinajstić information content (AvgIpc) is 2.76. The van der Waals surface area contributed by atoms with E-state index in [0.717, 1.165) is 5.56 Å². The van der Waals surface area contributed by atoms with Gasteiger partial charge in [0.25, 0.3) is 0 Å². The largest absolute Gasteiger partial charge is 0.493 e. The Morgan fingerprint density at radius 2 is 2.17 bits per heavy atom. The molecule has 2 aromatic rings. The van der Waals surface area contributed by atoms with Crippen LogP contribution in [0.25, 0.3) is 0 Å². The Kier molecular flexibility index (Phi) is 3.88. The second kappa shape index (κ2) is 5.59. The van der Waals surface area contributed by atoms with Crippen molar-refractivity contribution in [3.8, 4) is 5.75 Å². The van der Waals surface area contributed by atoms with Crippen LogP contribution in [0, 0.1) is 0 Å². The second-order valence-electron chi connectivity index (χ2n) is 3.89. The first-order chi connectivity index (χ1) is 8.70.